The van der Waals surface area contributed by atoms with Crippen LogP contribution in [-0.4, -0.2) is 38.7 Å². The van der Waals surface area contributed by atoms with Gasteiger partial charge in [0.2, 0.25) is 5.13 Å². The highest BCUT2D eigenvalue weighted by molar-refractivity contribution is 7.15. The third-order valence-electron chi connectivity index (χ3n) is 3.72. The first-order chi connectivity index (χ1) is 10.2. The molecule has 6 nitrogen and oxygen atoms in total. The zero-order chi connectivity index (χ0) is 14.8. The second-order valence-electron chi connectivity index (χ2n) is 5.34. The van der Waals surface area contributed by atoms with Gasteiger partial charge >= 0.3 is 0 Å². The highest BCUT2D eigenvalue weighted by Gasteiger charge is 2.24. The molecule has 21 heavy (non-hydrogen) atoms. The number of nitrogens with zero attached hydrogens (tertiary/aromatic N) is 5. The van der Waals surface area contributed by atoms with Crippen LogP contribution in [0.15, 0.2) is 6.07 Å². The topological polar surface area (TPSA) is 66.8 Å². The van der Waals surface area contributed by atoms with Crippen molar-refractivity contribution in [1.82, 2.24) is 25.1 Å². The molecule has 3 rings (SSSR count). The number of aromatic nitrogens is 4. The normalized spacial score (nSPS) is 19.1. The molecule has 2 aromatic heterocycles. The first kappa shape index (κ1) is 14.3. The maximum absolute atomic E-state index is 4.60. The predicted molar refractivity (Wildman–Crippen MR) is 83.9 cm³/mol. The lowest BCUT2D eigenvalue weighted by Gasteiger charge is -2.19. The molecule has 0 bridgehead atoms. The minimum atomic E-state index is 0.396. The number of hydrogen-bond acceptors (Lipinski definition) is 7. The van der Waals surface area contributed by atoms with Crippen LogP contribution >= 0.6 is 11.3 Å². The van der Waals surface area contributed by atoms with Gasteiger partial charge in [0.05, 0.1) is 11.7 Å². The number of anilines is 2. The molecular formula is C14H20N6S. The molecule has 1 N–H and O–H groups in total. The van der Waals surface area contributed by atoms with Gasteiger partial charge in [0, 0.05) is 6.07 Å². The zero-order valence-corrected chi connectivity index (χ0v) is 13.4. The van der Waals surface area contributed by atoms with E-state index in [4.69, 9.17) is 0 Å². The summed E-state index contributed by atoms with van der Waals surface area (Å²) >= 11 is 1.57. The van der Waals surface area contributed by atoms with Gasteiger partial charge in [-0.3, -0.25) is 4.90 Å². The van der Waals surface area contributed by atoms with Crippen LogP contribution in [0.2, 0.25) is 0 Å². The molecule has 0 spiro atoms. The molecule has 0 unspecified atom stereocenters. The van der Waals surface area contributed by atoms with E-state index in [1.807, 2.05) is 13.0 Å². The number of aryl methyl sites for hydroxylation is 2. The highest BCUT2D eigenvalue weighted by atomic mass is 32.1. The van der Waals surface area contributed by atoms with Crippen LogP contribution in [0.1, 0.15) is 42.3 Å². The molecule has 3 heterocycles. The molecular weight excluding hydrogens is 284 g/mol. The molecule has 7 heteroatoms. The lowest BCUT2D eigenvalue weighted by molar-refractivity contribution is 0.311. The van der Waals surface area contributed by atoms with Crippen LogP contribution in [0.5, 0.6) is 0 Å². The van der Waals surface area contributed by atoms with Crippen molar-refractivity contribution >= 4 is 22.3 Å². The molecule has 112 valence electrons. The summed E-state index contributed by atoms with van der Waals surface area (Å²) in [6.07, 6.45) is 3.29. The molecule has 2 aromatic rings. The first-order valence-corrected chi connectivity index (χ1v) is 8.12. The van der Waals surface area contributed by atoms with E-state index in [9.17, 15) is 0 Å². The average Bonchev–Trinajstić information content (AvgIpc) is 3.07. The average molecular weight is 304 g/mol. The Morgan fingerprint density at radius 1 is 1.38 bits per heavy atom. The number of hydrogen-bond donors (Lipinski definition) is 1. The number of likely N-dealkylation sites (tertiary alicyclic amines) is 1. The quantitative estimate of drug-likeness (QED) is 0.937. The minimum Gasteiger partial charge on any atom is -0.315 e. The van der Waals surface area contributed by atoms with Gasteiger partial charge < -0.3 is 5.32 Å². The van der Waals surface area contributed by atoms with E-state index in [2.05, 4.69) is 44.4 Å². The SMILES string of the molecule is CCc1nnc(Nc2cc([C@H]3CCCN3C)nc(C)n2)s1. The maximum atomic E-state index is 4.60. The second-order valence-corrected chi connectivity index (χ2v) is 6.41. The summed E-state index contributed by atoms with van der Waals surface area (Å²) in [5, 5.41) is 13.3. The van der Waals surface area contributed by atoms with Gasteiger partial charge in [-0.05, 0) is 39.8 Å². The van der Waals surface area contributed by atoms with Gasteiger partial charge in [0.15, 0.2) is 0 Å². The predicted octanol–water partition coefficient (Wildman–Crippen LogP) is 2.71. The Kier molecular flexibility index (Phi) is 4.12. The van der Waals surface area contributed by atoms with E-state index >= 15 is 0 Å². The van der Waals surface area contributed by atoms with E-state index in [0.29, 0.717) is 6.04 Å². The van der Waals surface area contributed by atoms with Gasteiger partial charge in [-0.15, -0.1) is 10.2 Å². The number of nitrogens with one attached hydrogen (secondary N) is 1. The van der Waals surface area contributed by atoms with Crippen molar-refractivity contribution in [2.24, 2.45) is 0 Å². The lowest BCUT2D eigenvalue weighted by Crippen LogP contribution is -2.19. The van der Waals surface area contributed by atoms with Crippen LogP contribution in [0.25, 0.3) is 0 Å². The highest BCUT2D eigenvalue weighted by Crippen LogP contribution is 2.30. The van der Waals surface area contributed by atoms with Crippen molar-refractivity contribution in [3.63, 3.8) is 0 Å². The maximum Gasteiger partial charge on any atom is 0.211 e. The van der Waals surface area contributed by atoms with Crippen LogP contribution in [0.4, 0.5) is 10.9 Å². The van der Waals surface area contributed by atoms with Gasteiger partial charge in [-0.1, -0.05) is 18.3 Å². The van der Waals surface area contributed by atoms with E-state index in [-0.39, 0.29) is 0 Å². The van der Waals surface area contributed by atoms with E-state index in [1.165, 1.54) is 6.42 Å². The Morgan fingerprint density at radius 3 is 2.90 bits per heavy atom. The fourth-order valence-corrected chi connectivity index (χ4v) is 3.35. The molecule has 1 fully saturated rings. The first-order valence-electron chi connectivity index (χ1n) is 7.31. The van der Waals surface area contributed by atoms with Crippen molar-refractivity contribution in [3.05, 3.63) is 22.6 Å². The number of rotatable bonds is 4. The minimum absolute atomic E-state index is 0.396. The van der Waals surface area contributed by atoms with Crippen molar-refractivity contribution < 1.29 is 0 Å². The summed E-state index contributed by atoms with van der Waals surface area (Å²) in [7, 11) is 2.15. The molecule has 1 saturated heterocycles. The summed E-state index contributed by atoms with van der Waals surface area (Å²) in [6.45, 7) is 5.14. The van der Waals surface area contributed by atoms with E-state index in [1.54, 1.807) is 11.3 Å². The molecule has 0 amide bonds. The monoisotopic (exact) mass is 304 g/mol. The van der Waals surface area contributed by atoms with Crippen molar-refractivity contribution in [3.8, 4) is 0 Å². The molecule has 1 aliphatic rings. The second kappa shape index (κ2) is 6.03. The Balaban J connectivity index is 1.83. The largest absolute Gasteiger partial charge is 0.315 e. The Hall–Kier alpha value is -1.60. The van der Waals surface area contributed by atoms with Gasteiger partial charge in [0.1, 0.15) is 16.6 Å². The van der Waals surface area contributed by atoms with Gasteiger partial charge in [0.25, 0.3) is 0 Å². The summed E-state index contributed by atoms with van der Waals surface area (Å²) in [5.74, 6) is 1.59. The van der Waals surface area contributed by atoms with Crippen LogP contribution in [0, 0.1) is 6.92 Å². The third kappa shape index (κ3) is 3.19. The fourth-order valence-electron chi connectivity index (χ4n) is 2.67. The Morgan fingerprint density at radius 2 is 2.24 bits per heavy atom. The Labute approximate surface area is 128 Å². The van der Waals surface area contributed by atoms with Crippen molar-refractivity contribution in [2.45, 2.75) is 39.2 Å². The molecule has 1 atom stereocenters. The van der Waals surface area contributed by atoms with Crippen LogP contribution in [-0.2, 0) is 6.42 Å². The van der Waals surface area contributed by atoms with E-state index < -0.39 is 0 Å². The standard InChI is InChI=1S/C14H20N6S/c1-4-13-18-19-14(21-13)17-12-8-10(15-9(2)16-12)11-6-5-7-20(11)3/h8,11H,4-7H2,1-3H3,(H,15,16,17,19)/t11-/m1/s1. The summed E-state index contributed by atoms with van der Waals surface area (Å²) in [5.41, 5.74) is 1.09. The van der Waals surface area contributed by atoms with Crippen molar-refractivity contribution in [1.29, 1.82) is 0 Å². The smallest absolute Gasteiger partial charge is 0.211 e. The molecule has 0 aliphatic carbocycles. The summed E-state index contributed by atoms with van der Waals surface area (Å²) in [4.78, 5) is 11.4. The summed E-state index contributed by atoms with van der Waals surface area (Å²) < 4.78 is 0. The zero-order valence-electron chi connectivity index (χ0n) is 12.6. The van der Waals surface area contributed by atoms with E-state index in [0.717, 1.165) is 46.9 Å². The van der Waals surface area contributed by atoms with Gasteiger partial charge in [-0.2, -0.15) is 0 Å². The Bertz CT molecular complexity index is 626. The molecule has 1 aliphatic heterocycles. The van der Waals surface area contributed by atoms with Crippen LogP contribution in [0.3, 0.4) is 0 Å². The third-order valence-corrected chi connectivity index (χ3v) is 4.71. The summed E-state index contributed by atoms with van der Waals surface area (Å²) in [6, 6.07) is 2.43. The molecule has 0 radical (unpaired) electrons. The fraction of sp³-hybridized carbons (Fsp3) is 0.571. The van der Waals surface area contributed by atoms with Crippen LogP contribution < -0.4 is 5.32 Å². The van der Waals surface area contributed by atoms with Crippen molar-refractivity contribution in [2.75, 3.05) is 18.9 Å². The van der Waals surface area contributed by atoms with Gasteiger partial charge in [-0.25, -0.2) is 9.97 Å². The lowest BCUT2D eigenvalue weighted by atomic mass is 10.1. The molecule has 0 aromatic carbocycles. The molecule has 0 saturated carbocycles.